The van der Waals surface area contributed by atoms with Crippen molar-refractivity contribution >= 4 is 5.69 Å². The fourth-order valence-electron chi connectivity index (χ4n) is 3.28. The molecule has 21 heavy (non-hydrogen) atoms. The van der Waals surface area contributed by atoms with Crippen LogP contribution in [0.1, 0.15) is 63.0 Å². The molecule has 0 bridgehead atoms. The highest BCUT2D eigenvalue weighted by molar-refractivity contribution is 5.46. The van der Waals surface area contributed by atoms with Crippen LogP contribution in [0, 0.1) is 5.92 Å². The molecule has 0 saturated heterocycles. The van der Waals surface area contributed by atoms with Crippen LogP contribution in [0.5, 0.6) is 0 Å². The van der Waals surface area contributed by atoms with Crippen LogP contribution in [0.15, 0.2) is 24.3 Å². The van der Waals surface area contributed by atoms with E-state index >= 15 is 0 Å². The molecule has 1 saturated carbocycles. The molecule has 3 heteroatoms. The lowest BCUT2D eigenvalue weighted by molar-refractivity contribution is 0.170. The Bertz CT molecular complexity index is 402. The second-order valence-corrected chi connectivity index (χ2v) is 6.29. The average Bonchev–Trinajstić information content (AvgIpc) is 2.53. The molecule has 1 unspecified atom stereocenters. The number of nitrogens with one attached hydrogen (secondary N) is 1. The Morgan fingerprint density at radius 3 is 2.81 bits per heavy atom. The Balaban J connectivity index is 1.71. The first-order valence-electron chi connectivity index (χ1n) is 8.51. The fraction of sp³-hybridized carbons (Fsp3) is 0.667. The highest BCUT2D eigenvalue weighted by atomic mass is 16.3. The van der Waals surface area contributed by atoms with Crippen molar-refractivity contribution in [2.75, 3.05) is 18.4 Å². The van der Waals surface area contributed by atoms with Crippen molar-refractivity contribution in [2.24, 2.45) is 11.7 Å². The van der Waals surface area contributed by atoms with Gasteiger partial charge in [0.1, 0.15) is 0 Å². The molecule has 1 atom stereocenters. The monoisotopic (exact) mass is 290 g/mol. The standard InChI is InChI=1S/C18H30N2O/c19-12-11-18(21)16-9-4-10-17(14-16)20-13-5-8-15-6-2-1-3-7-15/h4,9-10,14-15,18,20-21H,1-3,5-8,11-13,19H2. The van der Waals surface area contributed by atoms with E-state index in [4.69, 9.17) is 5.73 Å². The predicted molar refractivity (Wildman–Crippen MR) is 89.4 cm³/mol. The quantitative estimate of drug-likeness (QED) is 0.638. The lowest BCUT2D eigenvalue weighted by atomic mass is 9.86. The van der Waals surface area contributed by atoms with Crippen molar-refractivity contribution < 1.29 is 5.11 Å². The van der Waals surface area contributed by atoms with E-state index in [0.29, 0.717) is 13.0 Å². The molecule has 0 aliphatic heterocycles. The normalized spacial score (nSPS) is 17.6. The van der Waals surface area contributed by atoms with Crippen LogP contribution in [0.25, 0.3) is 0 Å². The summed E-state index contributed by atoms with van der Waals surface area (Å²) in [5, 5.41) is 13.5. The molecule has 1 aliphatic rings. The molecular weight excluding hydrogens is 260 g/mol. The fourth-order valence-corrected chi connectivity index (χ4v) is 3.28. The van der Waals surface area contributed by atoms with Crippen LogP contribution in [-0.2, 0) is 0 Å². The summed E-state index contributed by atoms with van der Waals surface area (Å²) in [7, 11) is 0. The summed E-state index contributed by atoms with van der Waals surface area (Å²) < 4.78 is 0. The summed E-state index contributed by atoms with van der Waals surface area (Å²) in [6, 6.07) is 8.08. The van der Waals surface area contributed by atoms with Gasteiger partial charge in [-0.25, -0.2) is 0 Å². The molecule has 0 amide bonds. The number of aliphatic hydroxyl groups excluding tert-OH is 1. The van der Waals surface area contributed by atoms with E-state index in [2.05, 4.69) is 11.4 Å². The van der Waals surface area contributed by atoms with E-state index in [1.54, 1.807) is 0 Å². The van der Waals surface area contributed by atoms with E-state index in [0.717, 1.165) is 23.7 Å². The molecule has 1 aromatic rings. The van der Waals surface area contributed by atoms with Gasteiger partial charge in [-0.05, 0) is 49.4 Å². The van der Waals surface area contributed by atoms with E-state index in [1.165, 1.54) is 44.9 Å². The maximum Gasteiger partial charge on any atom is 0.0802 e. The predicted octanol–water partition coefficient (Wildman–Crippen LogP) is 3.84. The second kappa shape index (κ2) is 9.06. The van der Waals surface area contributed by atoms with Crippen molar-refractivity contribution in [3.8, 4) is 0 Å². The van der Waals surface area contributed by atoms with Gasteiger partial charge in [0.15, 0.2) is 0 Å². The van der Waals surface area contributed by atoms with E-state index in [9.17, 15) is 5.11 Å². The number of rotatable bonds is 8. The van der Waals surface area contributed by atoms with Crippen molar-refractivity contribution in [3.63, 3.8) is 0 Å². The molecule has 0 spiro atoms. The molecule has 3 nitrogen and oxygen atoms in total. The molecule has 1 aliphatic carbocycles. The van der Waals surface area contributed by atoms with Gasteiger partial charge in [0, 0.05) is 12.2 Å². The van der Waals surface area contributed by atoms with Gasteiger partial charge in [-0.15, -0.1) is 0 Å². The number of hydrogen-bond acceptors (Lipinski definition) is 3. The summed E-state index contributed by atoms with van der Waals surface area (Å²) >= 11 is 0. The number of anilines is 1. The number of benzene rings is 1. The maximum absolute atomic E-state index is 9.98. The molecule has 4 N–H and O–H groups in total. The van der Waals surface area contributed by atoms with Crippen LogP contribution in [0.4, 0.5) is 5.69 Å². The Morgan fingerprint density at radius 2 is 2.05 bits per heavy atom. The zero-order valence-corrected chi connectivity index (χ0v) is 13.1. The van der Waals surface area contributed by atoms with Crippen LogP contribution >= 0.6 is 0 Å². The van der Waals surface area contributed by atoms with Crippen molar-refractivity contribution in [3.05, 3.63) is 29.8 Å². The van der Waals surface area contributed by atoms with Gasteiger partial charge in [0.05, 0.1) is 6.10 Å². The van der Waals surface area contributed by atoms with Crippen molar-refractivity contribution in [1.82, 2.24) is 0 Å². The minimum atomic E-state index is -0.445. The van der Waals surface area contributed by atoms with Gasteiger partial charge in [-0.2, -0.15) is 0 Å². The Hall–Kier alpha value is -1.06. The van der Waals surface area contributed by atoms with Gasteiger partial charge < -0.3 is 16.2 Å². The molecule has 118 valence electrons. The Morgan fingerprint density at radius 1 is 1.24 bits per heavy atom. The maximum atomic E-state index is 9.98. The number of hydrogen-bond donors (Lipinski definition) is 3. The number of aliphatic hydroxyl groups is 1. The topological polar surface area (TPSA) is 58.3 Å². The highest BCUT2D eigenvalue weighted by Gasteiger charge is 2.12. The first kappa shape index (κ1) is 16.3. The van der Waals surface area contributed by atoms with Crippen LogP contribution < -0.4 is 11.1 Å². The zero-order valence-electron chi connectivity index (χ0n) is 13.1. The van der Waals surface area contributed by atoms with Crippen LogP contribution in [-0.4, -0.2) is 18.2 Å². The summed E-state index contributed by atoms with van der Waals surface area (Å²) in [5.41, 5.74) is 7.56. The van der Waals surface area contributed by atoms with Gasteiger partial charge in [-0.3, -0.25) is 0 Å². The smallest absolute Gasteiger partial charge is 0.0802 e. The first-order valence-corrected chi connectivity index (χ1v) is 8.51. The van der Waals surface area contributed by atoms with Crippen LogP contribution in [0.3, 0.4) is 0 Å². The largest absolute Gasteiger partial charge is 0.388 e. The molecule has 0 aromatic heterocycles. The van der Waals surface area contributed by atoms with Crippen molar-refractivity contribution in [2.45, 2.75) is 57.5 Å². The molecule has 1 aromatic carbocycles. The third-order valence-electron chi connectivity index (χ3n) is 4.55. The summed E-state index contributed by atoms with van der Waals surface area (Å²) in [4.78, 5) is 0. The minimum Gasteiger partial charge on any atom is -0.388 e. The Labute approximate surface area is 128 Å². The Kier molecular flexibility index (Phi) is 7.04. The number of nitrogens with two attached hydrogens (primary N) is 1. The SMILES string of the molecule is NCCC(O)c1cccc(NCCCC2CCCCC2)c1. The first-order chi connectivity index (χ1) is 10.3. The molecule has 2 rings (SSSR count). The van der Waals surface area contributed by atoms with Gasteiger partial charge >= 0.3 is 0 Å². The average molecular weight is 290 g/mol. The van der Waals surface area contributed by atoms with Crippen molar-refractivity contribution in [1.29, 1.82) is 0 Å². The lowest BCUT2D eigenvalue weighted by Gasteiger charge is -2.21. The molecule has 0 radical (unpaired) electrons. The minimum absolute atomic E-state index is 0.445. The van der Waals surface area contributed by atoms with Gasteiger partial charge in [0.2, 0.25) is 0 Å². The lowest BCUT2D eigenvalue weighted by Crippen LogP contribution is -2.10. The summed E-state index contributed by atoms with van der Waals surface area (Å²) in [5.74, 6) is 0.957. The van der Waals surface area contributed by atoms with E-state index in [-0.39, 0.29) is 0 Å². The van der Waals surface area contributed by atoms with Gasteiger partial charge in [0.25, 0.3) is 0 Å². The van der Waals surface area contributed by atoms with E-state index in [1.807, 2.05) is 18.2 Å². The molecular formula is C18H30N2O. The van der Waals surface area contributed by atoms with Crippen LogP contribution in [0.2, 0.25) is 0 Å². The third-order valence-corrected chi connectivity index (χ3v) is 4.55. The molecule has 0 heterocycles. The zero-order chi connectivity index (χ0) is 14.9. The second-order valence-electron chi connectivity index (χ2n) is 6.29. The third kappa shape index (κ3) is 5.68. The summed E-state index contributed by atoms with van der Waals surface area (Å²) in [6.07, 6.45) is 9.92. The van der Waals surface area contributed by atoms with Gasteiger partial charge in [-0.1, -0.05) is 44.2 Å². The van der Waals surface area contributed by atoms with E-state index < -0.39 is 6.10 Å². The molecule has 1 fully saturated rings. The summed E-state index contributed by atoms with van der Waals surface area (Å²) in [6.45, 7) is 1.53. The highest BCUT2D eigenvalue weighted by Crippen LogP contribution is 2.27.